The van der Waals surface area contributed by atoms with Crippen LogP contribution in [-0.2, 0) is 0 Å². The third kappa shape index (κ3) is 2.63. The molecule has 0 saturated carbocycles. The van der Waals surface area contributed by atoms with Crippen LogP contribution in [0.15, 0.2) is 34.4 Å². The van der Waals surface area contributed by atoms with E-state index in [0.29, 0.717) is 0 Å². The van der Waals surface area contributed by atoms with Crippen molar-refractivity contribution in [1.82, 2.24) is 0 Å². The SMILES string of the molecule is CCCC(=CI)c1ccccc1. The Labute approximate surface area is 87.8 Å². The van der Waals surface area contributed by atoms with Gasteiger partial charge in [0, 0.05) is 0 Å². The van der Waals surface area contributed by atoms with Gasteiger partial charge in [0.1, 0.15) is 0 Å². The average molecular weight is 272 g/mol. The zero-order chi connectivity index (χ0) is 8.81. The van der Waals surface area contributed by atoms with Crippen LogP contribution in [0.1, 0.15) is 25.3 Å². The van der Waals surface area contributed by atoms with Crippen LogP contribution >= 0.6 is 22.6 Å². The standard InChI is InChI=1S/C11H13I/c1-2-6-11(9-12)10-7-4-3-5-8-10/h3-5,7-9H,2,6H2,1H3. The maximum Gasteiger partial charge on any atom is -0.0196 e. The molecule has 12 heavy (non-hydrogen) atoms. The summed E-state index contributed by atoms with van der Waals surface area (Å²) in [4.78, 5) is 0. The lowest BCUT2D eigenvalue weighted by Gasteiger charge is -2.03. The first-order chi connectivity index (χ1) is 5.88. The second-order valence-corrected chi connectivity index (χ2v) is 3.37. The van der Waals surface area contributed by atoms with Gasteiger partial charge in [-0.15, -0.1) is 0 Å². The van der Waals surface area contributed by atoms with Crippen LogP contribution in [0.5, 0.6) is 0 Å². The molecule has 0 spiro atoms. The van der Waals surface area contributed by atoms with Crippen molar-refractivity contribution in [3.05, 3.63) is 40.0 Å². The summed E-state index contributed by atoms with van der Waals surface area (Å²) in [5.41, 5.74) is 2.80. The second-order valence-electron chi connectivity index (χ2n) is 2.75. The maximum absolute atomic E-state index is 2.31. The Morgan fingerprint density at radius 2 is 2.00 bits per heavy atom. The molecular formula is C11H13I. The highest BCUT2D eigenvalue weighted by Crippen LogP contribution is 2.20. The van der Waals surface area contributed by atoms with E-state index in [1.165, 1.54) is 24.0 Å². The van der Waals surface area contributed by atoms with Crippen molar-refractivity contribution in [2.75, 3.05) is 0 Å². The number of rotatable bonds is 3. The topological polar surface area (TPSA) is 0 Å². The Kier molecular flexibility index (Phi) is 4.36. The summed E-state index contributed by atoms with van der Waals surface area (Å²) in [6, 6.07) is 10.6. The normalized spacial score (nSPS) is 11.7. The van der Waals surface area contributed by atoms with Crippen LogP contribution in [0.3, 0.4) is 0 Å². The first-order valence-electron chi connectivity index (χ1n) is 4.23. The molecule has 0 amide bonds. The third-order valence-corrected chi connectivity index (χ3v) is 2.55. The van der Waals surface area contributed by atoms with Crippen LogP contribution in [0, 0.1) is 0 Å². The van der Waals surface area contributed by atoms with Crippen molar-refractivity contribution in [3.8, 4) is 0 Å². The van der Waals surface area contributed by atoms with Crippen LogP contribution in [0.2, 0.25) is 0 Å². The largest absolute Gasteiger partial charge is 0.0651 e. The van der Waals surface area contributed by atoms with E-state index in [-0.39, 0.29) is 0 Å². The van der Waals surface area contributed by atoms with Gasteiger partial charge in [-0.05, 0) is 21.6 Å². The number of hydrogen-bond acceptors (Lipinski definition) is 0. The Balaban J connectivity index is 2.82. The minimum Gasteiger partial charge on any atom is -0.0651 e. The molecule has 0 bridgehead atoms. The van der Waals surface area contributed by atoms with Crippen molar-refractivity contribution in [2.24, 2.45) is 0 Å². The number of allylic oxidation sites excluding steroid dienone is 1. The van der Waals surface area contributed by atoms with Crippen LogP contribution in [-0.4, -0.2) is 0 Å². The van der Waals surface area contributed by atoms with E-state index in [2.05, 4.69) is 63.9 Å². The van der Waals surface area contributed by atoms with Gasteiger partial charge < -0.3 is 0 Å². The summed E-state index contributed by atoms with van der Waals surface area (Å²) in [5.74, 6) is 0. The molecule has 0 fully saturated rings. The summed E-state index contributed by atoms with van der Waals surface area (Å²) in [6.07, 6.45) is 2.39. The highest BCUT2D eigenvalue weighted by Gasteiger charge is 1.97. The number of benzene rings is 1. The molecule has 0 aromatic heterocycles. The highest BCUT2D eigenvalue weighted by atomic mass is 127. The predicted molar refractivity (Wildman–Crippen MR) is 63.3 cm³/mol. The Bertz CT molecular complexity index is 249. The molecule has 0 saturated heterocycles. The third-order valence-electron chi connectivity index (χ3n) is 1.80. The Morgan fingerprint density at radius 3 is 2.50 bits per heavy atom. The molecule has 0 unspecified atom stereocenters. The summed E-state index contributed by atoms with van der Waals surface area (Å²) in [6.45, 7) is 2.21. The van der Waals surface area contributed by atoms with E-state index in [1.807, 2.05) is 0 Å². The minimum absolute atomic E-state index is 1.17. The fourth-order valence-corrected chi connectivity index (χ4v) is 1.85. The van der Waals surface area contributed by atoms with Gasteiger partial charge in [0.2, 0.25) is 0 Å². The molecule has 64 valence electrons. The van der Waals surface area contributed by atoms with Gasteiger partial charge in [0.25, 0.3) is 0 Å². The molecule has 0 aliphatic heterocycles. The van der Waals surface area contributed by atoms with Crippen molar-refractivity contribution < 1.29 is 0 Å². The lowest BCUT2D eigenvalue weighted by molar-refractivity contribution is 0.975. The van der Waals surface area contributed by atoms with Crippen molar-refractivity contribution in [1.29, 1.82) is 0 Å². The van der Waals surface area contributed by atoms with Crippen LogP contribution in [0.4, 0.5) is 0 Å². The average Bonchev–Trinajstić information content (AvgIpc) is 2.15. The van der Waals surface area contributed by atoms with E-state index in [9.17, 15) is 0 Å². The summed E-state index contributed by atoms with van der Waals surface area (Å²) < 4.78 is 2.18. The molecular weight excluding hydrogens is 259 g/mol. The predicted octanol–water partition coefficient (Wildman–Crippen LogP) is 4.26. The smallest absolute Gasteiger partial charge is 0.0196 e. The molecule has 0 nitrogen and oxygen atoms in total. The quantitative estimate of drug-likeness (QED) is 0.721. The fourth-order valence-electron chi connectivity index (χ4n) is 1.18. The number of halogens is 1. The lowest BCUT2D eigenvalue weighted by Crippen LogP contribution is -1.81. The molecule has 0 atom stereocenters. The molecule has 0 heterocycles. The van der Waals surface area contributed by atoms with E-state index in [1.54, 1.807) is 0 Å². The fraction of sp³-hybridized carbons (Fsp3) is 0.273. The van der Waals surface area contributed by atoms with E-state index < -0.39 is 0 Å². The maximum atomic E-state index is 2.31. The van der Waals surface area contributed by atoms with E-state index in [0.717, 1.165) is 0 Å². The second kappa shape index (κ2) is 5.36. The van der Waals surface area contributed by atoms with Crippen LogP contribution in [0.25, 0.3) is 5.57 Å². The Hall–Kier alpha value is -0.310. The van der Waals surface area contributed by atoms with Gasteiger partial charge in [-0.1, -0.05) is 66.3 Å². The number of hydrogen-bond donors (Lipinski definition) is 0. The highest BCUT2D eigenvalue weighted by molar-refractivity contribution is 14.1. The zero-order valence-corrected chi connectivity index (χ0v) is 9.41. The molecule has 0 aliphatic rings. The monoisotopic (exact) mass is 272 g/mol. The molecule has 1 heteroatoms. The molecule has 0 radical (unpaired) electrons. The van der Waals surface area contributed by atoms with Gasteiger partial charge in [-0.25, -0.2) is 0 Å². The first kappa shape index (κ1) is 9.78. The van der Waals surface area contributed by atoms with Gasteiger partial charge in [0.15, 0.2) is 0 Å². The lowest BCUT2D eigenvalue weighted by atomic mass is 10.0. The van der Waals surface area contributed by atoms with Crippen molar-refractivity contribution in [2.45, 2.75) is 19.8 Å². The summed E-state index contributed by atoms with van der Waals surface area (Å²) in [5, 5.41) is 0. The van der Waals surface area contributed by atoms with E-state index >= 15 is 0 Å². The zero-order valence-electron chi connectivity index (χ0n) is 7.26. The van der Waals surface area contributed by atoms with Crippen molar-refractivity contribution >= 4 is 28.2 Å². The van der Waals surface area contributed by atoms with Gasteiger partial charge in [-0.2, -0.15) is 0 Å². The molecule has 1 aromatic rings. The first-order valence-corrected chi connectivity index (χ1v) is 5.47. The summed E-state index contributed by atoms with van der Waals surface area (Å²) in [7, 11) is 0. The van der Waals surface area contributed by atoms with Crippen LogP contribution < -0.4 is 0 Å². The van der Waals surface area contributed by atoms with Gasteiger partial charge >= 0.3 is 0 Å². The molecule has 0 aliphatic carbocycles. The van der Waals surface area contributed by atoms with Gasteiger partial charge in [-0.3, -0.25) is 0 Å². The molecule has 1 rings (SSSR count). The summed E-state index contributed by atoms with van der Waals surface area (Å²) >= 11 is 2.31. The Morgan fingerprint density at radius 1 is 1.33 bits per heavy atom. The van der Waals surface area contributed by atoms with Gasteiger partial charge in [0.05, 0.1) is 0 Å². The molecule has 1 aromatic carbocycles. The van der Waals surface area contributed by atoms with Crippen molar-refractivity contribution in [3.63, 3.8) is 0 Å². The molecule has 0 N–H and O–H groups in total. The van der Waals surface area contributed by atoms with E-state index in [4.69, 9.17) is 0 Å². The minimum atomic E-state index is 1.17.